The molecule has 0 aromatic heterocycles. The van der Waals surface area contributed by atoms with Gasteiger partial charge in [-0.05, 0) is 19.1 Å². The van der Waals surface area contributed by atoms with Gasteiger partial charge in [-0.15, -0.1) is 0 Å². The average Bonchev–Trinajstić information content (AvgIpc) is 2.46. The highest BCUT2D eigenvalue weighted by molar-refractivity contribution is 5.67. The number of hydrogen-bond donors (Lipinski definition) is 0. The molecule has 4 nitrogen and oxygen atoms in total. The van der Waals surface area contributed by atoms with Crippen LogP contribution in [0.1, 0.15) is 16.7 Å². The summed E-state index contributed by atoms with van der Waals surface area (Å²) in [6.07, 6.45) is 0.284. The third kappa shape index (κ3) is 2.16. The van der Waals surface area contributed by atoms with Crippen LogP contribution in [-0.2, 0) is 6.42 Å². The number of aryl methyl sites for hydroxylation is 1. The molecule has 1 aliphatic heterocycles. The summed E-state index contributed by atoms with van der Waals surface area (Å²) in [6, 6.07) is 15.0. The lowest BCUT2D eigenvalue weighted by Gasteiger charge is -2.19. The third-order valence-corrected chi connectivity index (χ3v) is 3.31. The minimum Gasteiger partial charge on any atom is -0.450 e. The number of nitrogens with zero attached hydrogens (tertiary/aromatic N) is 1. The lowest BCUT2D eigenvalue weighted by molar-refractivity contribution is -0.427. The van der Waals surface area contributed by atoms with Crippen LogP contribution in [-0.4, -0.2) is 4.92 Å². The smallest absolute Gasteiger partial charge is 0.293 e. The van der Waals surface area contributed by atoms with Gasteiger partial charge in [0.2, 0.25) is 5.76 Å². The highest BCUT2D eigenvalue weighted by Crippen LogP contribution is 2.34. The molecule has 0 atom stereocenters. The molecule has 0 saturated heterocycles. The molecular formula is C16H13NO3. The Morgan fingerprint density at radius 1 is 1.15 bits per heavy atom. The molecule has 0 unspecified atom stereocenters. The second kappa shape index (κ2) is 4.81. The minimum atomic E-state index is -0.354. The van der Waals surface area contributed by atoms with Crippen molar-refractivity contribution in [2.75, 3.05) is 0 Å². The summed E-state index contributed by atoms with van der Waals surface area (Å²) in [5.74, 6) is 1.03. The van der Waals surface area contributed by atoms with Crippen LogP contribution in [0, 0.1) is 17.0 Å². The summed E-state index contributed by atoms with van der Waals surface area (Å²) in [4.78, 5) is 10.9. The molecule has 0 saturated carbocycles. The highest BCUT2D eigenvalue weighted by Gasteiger charge is 2.29. The second-order valence-electron chi connectivity index (χ2n) is 4.79. The number of fused-ring (bicyclic) bond motifs is 1. The lowest BCUT2D eigenvalue weighted by Crippen LogP contribution is -2.15. The highest BCUT2D eigenvalue weighted by atomic mass is 16.6. The van der Waals surface area contributed by atoms with Crippen LogP contribution in [0.25, 0.3) is 5.76 Å². The van der Waals surface area contributed by atoms with E-state index in [9.17, 15) is 10.1 Å². The number of ether oxygens (including phenoxy) is 1. The van der Waals surface area contributed by atoms with E-state index in [4.69, 9.17) is 4.74 Å². The number of nitro groups is 1. The van der Waals surface area contributed by atoms with Crippen LogP contribution >= 0.6 is 0 Å². The first-order valence-electron chi connectivity index (χ1n) is 6.35. The van der Waals surface area contributed by atoms with Crippen LogP contribution < -0.4 is 4.74 Å². The van der Waals surface area contributed by atoms with Crippen molar-refractivity contribution in [3.05, 3.63) is 81.0 Å². The third-order valence-electron chi connectivity index (χ3n) is 3.31. The van der Waals surface area contributed by atoms with Gasteiger partial charge in [-0.1, -0.05) is 42.0 Å². The van der Waals surface area contributed by atoms with Crippen molar-refractivity contribution in [3.8, 4) is 5.75 Å². The molecule has 2 aromatic rings. The summed E-state index contributed by atoms with van der Waals surface area (Å²) >= 11 is 0. The van der Waals surface area contributed by atoms with Gasteiger partial charge < -0.3 is 4.74 Å². The fraction of sp³-hybridized carbons (Fsp3) is 0.125. The Kier molecular flexibility index (Phi) is 2.99. The molecule has 20 heavy (non-hydrogen) atoms. The number of hydrogen-bond acceptors (Lipinski definition) is 3. The zero-order chi connectivity index (χ0) is 14.1. The first-order valence-corrected chi connectivity index (χ1v) is 6.35. The predicted octanol–water partition coefficient (Wildman–Crippen LogP) is 3.58. The van der Waals surface area contributed by atoms with Crippen LogP contribution in [0.4, 0.5) is 0 Å². The zero-order valence-corrected chi connectivity index (χ0v) is 11.0. The van der Waals surface area contributed by atoms with Crippen molar-refractivity contribution in [1.29, 1.82) is 0 Å². The maximum atomic E-state index is 11.3. The van der Waals surface area contributed by atoms with E-state index in [1.54, 1.807) is 0 Å². The molecule has 0 fully saturated rings. The standard InChI is InChI=1S/C16H13NO3/c1-11-5-4-7-13(9-11)16-14(17(18)19)10-12-6-2-3-8-15(12)20-16/h2-9H,10H2,1H3. The van der Waals surface area contributed by atoms with Crippen molar-refractivity contribution >= 4 is 5.76 Å². The second-order valence-corrected chi connectivity index (χ2v) is 4.79. The van der Waals surface area contributed by atoms with E-state index in [0.29, 0.717) is 11.5 Å². The van der Waals surface area contributed by atoms with E-state index in [0.717, 1.165) is 16.7 Å². The van der Waals surface area contributed by atoms with E-state index in [2.05, 4.69) is 0 Å². The number of para-hydroxylation sites is 1. The van der Waals surface area contributed by atoms with Gasteiger partial charge in [0, 0.05) is 11.1 Å². The normalized spacial score (nSPS) is 13.7. The monoisotopic (exact) mass is 267 g/mol. The maximum Gasteiger partial charge on any atom is 0.293 e. The van der Waals surface area contributed by atoms with Crippen molar-refractivity contribution in [2.45, 2.75) is 13.3 Å². The SMILES string of the molecule is Cc1cccc(C2=C([N+](=O)[O-])Cc3ccccc3O2)c1. The molecular weight excluding hydrogens is 254 g/mol. The van der Waals surface area contributed by atoms with Crippen LogP contribution in [0.2, 0.25) is 0 Å². The summed E-state index contributed by atoms with van der Waals surface area (Å²) < 4.78 is 5.78. The quantitative estimate of drug-likeness (QED) is 0.617. The predicted molar refractivity (Wildman–Crippen MR) is 75.9 cm³/mol. The average molecular weight is 267 g/mol. The maximum absolute atomic E-state index is 11.3. The molecule has 100 valence electrons. The summed E-state index contributed by atoms with van der Waals surface area (Å²) in [5.41, 5.74) is 2.73. The lowest BCUT2D eigenvalue weighted by atomic mass is 10.0. The number of allylic oxidation sites excluding steroid dienone is 1. The Morgan fingerprint density at radius 2 is 1.95 bits per heavy atom. The largest absolute Gasteiger partial charge is 0.450 e. The minimum absolute atomic E-state index is 0.106. The van der Waals surface area contributed by atoms with Crippen LogP contribution in [0.5, 0.6) is 5.75 Å². The Balaban J connectivity index is 2.13. The zero-order valence-electron chi connectivity index (χ0n) is 11.0. The van der Waals surface area contributed by atoms with Gasteiger partial charge in [0.15, 0.2) is 0 Å². The van der Waals surface area contributed by atoms with Crippen molar-refractivity contribution in [3.63, 3.8) is 0 Å². The van der Waals surface area contributed by atoms with Crippen molar-refractivity contribution in [1.82, 2.24) is 0 Å². The van der Waals surface area contributed by atoms with E-state index < -0.39 is 0 Å². The van der Waals surface area contributed by atoms with E-state index in [1.165, 1.54) is 0 Å². The van der Waals surface area contributed by atoms with Gasteiger partial charge in [0.1, 0.15) is 5.75 Å². The molecule has 0 radical (unpaired) electrons. The van der Waals surface area contributed by atoms with Gasteiger partial charge in [-0.2, -0.15) is 0 Å². The molecule has 0 spiro atoms. The van der Waals surface area contributed by atoms with Gasteiger partial charge in [-0.3, -0.25) is 10.1 Å². The fourth-order valence-electron chi connectivity index (χ4n) is 2.34. The molecule has 3 rings (SSSR count). The Morgan fingerprint density at radius 3 is 2.70 bits per heavy atom. The Hall–Kier alpha value is -2.62. The molecule has 0 N–H and O–H groups in total. The van der Waals surface area contributed by atoms with Gasteiger partial charge in [-0.25, -0.2) is 0 Å². The van der Waals surface area contributed by atoms with Gasteiger partial charge in [0.25, 0.3) is 5.70 Å². The molecule has 0 amide bonds. The van der Waals surface area contributed by atoms with Crippen molar-refractivity contribution < 1.29 is 9.66 Å². The summed E-state index contributed by atoms with van der Waals surface area (Å²) in [5, 5.41) is 11.3. The topological polar surface area (TPSA) is 52.4 Å². The molecule has 4 heteroatoms. The van der Waals surface area contributed by atoms with E-state index in [1.807, 2.05) is 55.5 Å². The van der Waals surface area contributed by atoms with Gasteiger partial charge in [0.05, 0.1) is 11.3 Å². The van der Waals surface area contributed by atoms with Crippen molar-refractivity contribution in [2.24, 2.45) is 0 Å². The molecule has 0 aliphatic carbocycles. The molecule has 1 aliphatic rings. The van der Waals surface area contributed by atoms with Gasteiger partial charge >= 0.3 is 0 Å². The Labute approximate surface area is 116 Å². The van der Waals surface area contributed by atoms with E-state index in [-0.39, 0.29) is 17.0 Å². The van der Waals surface area contributed by atoms with Crippen LogP contribution in [0.15, 0.2) is 54.2 Å². The Bertz CT molecular complexity index is 719. The van der Waals surface area contributed by atoms with Crippen LogP contribution in [0.3, 0.4) is 0 Å². The molecule has 1 heterocycles. The first kappa shape index (κ1) is 12.4. The molecule has 0 bridgehead atoms. The van der Waals surface area contributed by atoms with E-state index >= 15 is 0 Å². The number of benzene rings is 2. The first-order chi connectivity index (χ1) is 9.65. The fourth-order valence-corrected chi connectivity index (χ4v) is 2.34. The number of rotatable bonds is 2. The molecule has 2 aromatic carbocycles. The summed E-state index contributed by atoms with van der Waals surface area (Å²) in [6.45, 7) is 1.95. The summed E-state index contributed by atoms with van der Waals surface area (Å²) in [7, 11) is 0.